The first-order chi connectivity index (χ1) is 10.1. The van der Waals surface area contributed by atoms with E-state index in [4.69, 9.17) is 9.84 Å². The SMILES string of the molecule is CC(CNC(=O)NC1COCC1C(=O)O)N1CCCCC1. The molecule has 2 aliphatic heterocycles. The van der Waals surface area contributed by atoms with Gasteiger partial charge in [0.05, 0.1) is 19.3 Å². The van der Waals surface area contributed by atoms with E-state index in [0.717, 1.165) is 13.1 Å². The first-order valence-electron chi connectivity index (χ1n) is 7.67. The smallest absolute Gasteiger partial charge is 0.315 e. The van der Waals surface area contributed by atoms with Crippen LogP contribution in [-0.2, 0) is 9.53 Å². The van der Waals surface area contributed by atoms with Gasteiger partial charge in [-0.05, 0) is 32.9 Å². The highest BCUT2D eigenvalue weighted by atomic mass is 16.5. The van der Waals surface area contributed by atoms with Crippen LogP contribution in [0.5, 0.6) is 0 Å². The normalized spacial score (nSPS) is 28.0. The van der Waals surface area contributed by atoms with E-state index in [9.17, 15) is 9.59 Å². The van der Waals surface area contributed by atoms with E-state index in [-0.39, 0.29) is 19.2 Å². The first kappa shape index (κ1) is 16.0. The molecule has 0 aromatic carbocycles. The van der Waals surface area contributed by atoms with Crippen molar-refractivity contribution in [1.82, 2.24) is 15.5 Å². The van der Waals surface area contributed by atoms with Crippen molar-refractivity contribution in [1.29, 1.82) is 0 Å². The van der Waals surface area contributed by atoms with E-state index in [0.29, 0.717) is 12.6 Å². The fourth-order valence-corrected chi connectivity index (χ4v) is 2.89. The van der Waals surface area contributed by atoms with Crippen molar-refractivity contribution in [2.75, 3.05) is 32.8 Å². The van der Waals surface area contributed by atoms with E-state index in [1.54, 1.807) is 0 Å². The number of nitrogens with zero attached hydrogens (tertiary/aromatic N) is 1. The van der Waals surface area contributed by atoms with Gasteiger partial charge in [-0.25, -0.2) is 4.79 Å². The quantitative estimate of drug-likeness (QED) is 0.677. The molecular weight excluding hydrogens is 274 g/mol. The van der Waals surface area contributed by atoms with Gasteiger partial charge in [0.15, 0.2) is 0 Å². The van der Waals surface area contributed by atoms with Crippen LogP contribution in [0.1, 0.15) is 26.2 Å². The zero-order valence-corrected chi connectivity index (χ0v) is 12.5. The second-order valence-corrected chi connectivity index (χ2v) is 5.89. The van der Waals surface area contributed by atoms with Gasteiger partial charge in [0, 0.05) is 12.6 Å². The molecule has 0 bridgehead atoms. The van der Waals surface area contributed by atoms with Gasteiger partial charge in [-0.15, -0.1) is 0 Å². The Hall–Kier alpha value is -1.34. The van der Waals surface area contributed by atoms with Gasteiger partial charge in [0.2, 0.25) is 0 Å². The summed E-state index contributed by atoms with van der Waals surface area (Å²) < 4.78 is 5.12. The van der Waals surface area contributed by atoms with Crippen LogP contribution in [0.3, 0.4) is 0 Å². The number of rotatable bonds is 5. The maximum atomic E-state index is 11.9. The highest BCUT2D eigenvalue weighted by Crippen LogP contribution is 2.14. The number of nitrogens with one attached hydrogen (secondary N) is 2. The maximum Gasteiger partial charge on any atom is 0.315 e. The summed E-state index contributed by atoms with van der Waals surface area (Å²) >= 11 is 0. The van der Waals surface area contributed by atoms with E-state index in [2.05, 4.69) is 22.5 Å². The molecule has 2 fully saturated rings. The molecule has 2 heterocycles. The van der Waals surface area contributed by atoms with Crippen LogP contribution in [0.4, 0.5) is 4.79 Å². The van der Waals surface area contributed by atoms with E-state index in [1.807, 2.05) is 0 Å². The summed E-state index contributed by atoms with van der Waals surface area (Å²) in [4.78, 5) is 25.3. The second kappa shape index (κ2) is 7.61. The summed E-state index contributed by atoms with van der Waals surface area (Å²) in [5.41, 5.74) is 0. The molecule has 0 aliphatic carbocycles. The molecule has 3 atom stereocenters. The average molecular weight is 299 g/mol. The molecule has 120 valence electrons. The van der Waals surface area contributed by atoms with Gasteiger partial charge < -0.3 is 20.5 Å². The van der Waals surface area contributed by atoms with Gasteiger partial charge in [-0.1, -0.05) is 6.42 Å². The van der Waals surface area contributed by atoms with Crippen molar-refractivity contribution < 1.29 is 19.4 Å². The van der Waals surface area contributed by atoms with Gasteiger partial charge >= 0.3 is 12.0 Å². The Morgan fingerprint density at radius 3 is 2.67 bits per heavy atom. The number of carboxylic acids is 1. The number of hydrogen-bond acceptors (Lipinski definition) is 4. The molecule has 0 aromatic rings. The Morgan fingerprint density at radius 1 is 1.29 bits per heavy atom. The van der Waals surface area contributed by atoms with Crippen molar-refractivity contribution in [3.8, 4) is 0 Å². The van der Waals surface area contributed by atoms with Crippen LogP contribution in [0.25, 0.3) is 0 Å². The van der Waals surface area contributed by atoms with Crippen molar-refractivity contribution in [3.05, 3.63) is 0 Å². The molecule has 2 aliphatic rings. The molecule has 7 nitrogen and oxygen atoms in total. The van der Waals surface area contributed by atoms with Crippen molar-refractivity contribution in [3.63, 3.8) is 0 Å². The summed E-state index contributed by atoms with van der Waals surface area (Å²) in [6, 6.07) is -0.473. The largest absolute Gasteiger partial charge is 0.481 e. The Kier molecular flexibility index (Phi) is 5.81. The molecule has 7 heteroatoms. The summed E-state index contributed by atoms with van der Waals surface area (Å²) in [5, 5.41) is 14.5. The van der Waals surface area contributed by atoms with Crippen LogP contribution >= 0.6 is 0 Å². The van der Waals surface area contributed by atoms with E-state index < -0.39 is 17.9 Å². The van der Waals surface area contributed by atoms with Gasteiger partial charge in [0.1, 0.15) is 5.92 Å². The lowest BCUT2D eigenvalue weighted by Gasteiger charge is -2.32. The maximum absolute atomic E-state index is 11.9. The standard InChI is InChI=1S/C14H25N3O4/c1-10(17-5-3-2-4-6-17)7-15-14(20)16-12-9-21-8-11(12)13(18)19/h10-12H,2-9H2,1H3,(H,18,19)(H2,15,16,20). The summed E-state index contributed by atoms with van der Waals surface area (Å²) in [6.07, 6.45) is 3.72. The lowest BCUT2D eigenvalue weighted by Crippen LogP contribution is -2.50. The topological polar surface area (TPSA) is 90.9 Å². The molecule has 2 saturated heterocycles. The summed E-state index contributed by atoms with van der Waals surface area (Å²) in [5.74, 6) is -1.59. The highest BCUT2D eigenvalue weighted by molar-refractivity contribution is 5.77. The van der Waals surface area contributed by atoms with Crippen LogP contribution < -0.4 is 10.6 Å². The van der Waals surface area contributed by atoms with Crippen LogP contribution in [0.15, 0.2) is 0 Å². The van der Waals surface area contributed by atoms with Crippen molar-refractivity contribution in [2.45, 2.75) is 38.3 Å². The minimum absolute atomic E-state index is 0.157. The van der Waals surface area contributed by atoms with E-state index in [1.165, 1.54) is 19.3 Å². The minimum Gasteiger partial charge on any atom is -0.481 e. The number of carbonyl (C=O) groups excluding carboxylic acids is 1. The fraction of sp³-hybridized carbons (Fsp3) is 0.857. The number of carbonyl (C=O) groups is 2. The first-order valence-corrected chi connectivity index (χ1v) is 7.67. The minimum atomic E-state index is -0.931. The predicted molar refractivity (Wildman–Crippen MR) is 77.2 cm³/mol. The molecule has 3 N–H and O–H groups in total. The molecule has 21 heavy (non-hydrogen) atoms. The predicted octanol–water partition coefficient (Wildman–Crippen LogP) is 0.260. The lowest BCUT2D eigenvalue weighted by molar-refractivity contribution is -0.142. The van der Waals surface area contributed by atoms with E-state index >= 15 is 0 Å². The molecule has 0 aromatic heterocycles. The highest BCUT2D eigenvalue weighted by Gasteiger charge is 2.35. The number of aliphatic carboxylic acids is 1. The zero-order chi connectivity index (χ0) is 15.2. The summed E-state index contributed by atoms with van der Waals surface area (Å²) in [6.45, 7) is 5.25. The molecule has 2 rings (SSSR count). The fourth-order valence-electron chi connectivity index (χ4n) is 2.89. The molecule has 2 amide bonds. The average Bonchev–Trinajstić information content (AvgIpc) is 2.94. The number of amides is 2. The Bertz CT molecular complexity index is 371. The van der Waals surface area contributed by atoms with Crippen molar-refractivity contribution >= 4 is 12.0 Å². The number of hydrogen-bond donors (Lipinski definition) is 3. The second-order valence-electron chi connectivity index (χ2n) is 5.89. The molecule has 3 unspecified atom stereocenters. The third-order valence-electron chi connectivity index (χ3n) is 4.29. The molecule has 0 saturated carbocycles. The van der Waals surface area contributed by atoms with Gasteiger partial charge in [-0.3, -0.25) is 9.69 Å². The Balaban J connectivity index is 1.70. The third-order valence-corrected chi connectivity index (χ3v) is 4.29. The number of likely N-dealkylation sites (tertiary alicyclic amines) is 1. The molecule has 0 radical (unpaired) electrons. The summed E-state index contributed by atoms with van der Waals surface area (Å²) in [7, 11) is 0. The third kappa shape index (κ3) is 4.57. The number of piperidine rings is 1. The number of carboxylic acid groups (broad SMARTS) is 1. The lowest BCUT2D eigenvalue weighted by atomic mass is 10.0. The number of urea groups is 1. The zero-order valence-electron chi connectivity index (χ0n) is 12.5. The Labute approximate surface area is 125 Å². The van der Waals surface area contributed by atoms with Gasteiger partial charge in [-0.2, -0.15) is 0 Å². The Morgan fingerprint density at radius 2 is 2.00 bits per heavy atom. The van der Waals surface area contributed by atoms with Crippen LogP contribution in [0.2, 0.25) is 0 Å². The van der Waals surface area contributed by atoms with Gasteiger partial charge in [0.25, 0.3) is 0 Å². The molecule has 0 spiro atoms. The monoisotopic (exact) mass is 299 g/mol. The van der Waals surface area contributed by atoms with Crippen LogP contribution in [0, 0.1) is 5.92 Å². The number of ether oxygens (including phenoxy) is 1. The van der Waals surface area contributed by atoms with Crippen LogP contribution in [-0.4, -0.2) is 66.9 Å². The molecular formula is C14H25N3O4. The van der Waals surface area contributed by atoms with Crippen molar-refractivity contribution in [2.24, 2.45) is 5.92 Å².